The van der Waals surface area contributed by atoms with Crippen molar-refractivity contribution in [2.45, 2.75) is 113 Å². The Kier molecular flexibility index (Phi) is 18.0. The van der Waals surface area contributed by atoms with Gasteiger partial charge in [0.25, 0.3) is 0 Å². The van der Waals surface area contributed by atoms with E-state index in [1.165, 1.54) is 0 Å². The first-order chi connectivity index (χ1) is 29.9. The summed E-state index contributed by atoms with van der Waals surface area (Å²) in [5.74, 6) is -79.6. The molecule has 0 radical (unpaired) electrons. The van der Waals surface area contributed by atoms with E-state index < -0.39 is 108 Å². The van der Waals surface area contributed by atoms with E-state index in [4.69, 9.17) is 9.47 Å². The van der Waals surface area contributed by atoms with E-state index in [1.807, 2.05) is 0 Å². The molecule has 0 amide bonds. The number of carbonyl (C=O) groups excluding carboxylic acids is 2. The number of rotatable bonds is 24. The van der Waals surface area contributed by atoms with Gasteiger partial charge < -0.3 is 9.47 Å². The lowest BCUT2D eigenvalue weighted by atomic mass is 9.93. The van der Waals surface area contributed by atoms with Crippen LogP contribution in [0, 0.1) is 0 Å². The van der Waals surface area contributed by atoms with Crippen LogP contribution in [0.1, 0.15) is 52.8 Å². The van der Waals surface area contributed by atoms with Crippen molar-refractivity contribution in [3.05, 3.63) is 59.7 Å². The maximum Gasteiger partial charge on any atom is 0.460 e. The SMILES string of the molecule is O=C(OCCCCCOC(=O)c1ccc(SCCC(F)(F)C(F)(F)C(F)(F)C(F)(F)C(F)(F)C(F)(F)F)cc1)c1ccc(SCCC(F)(F)C(F)(F)C(F)(F)C(F)(F)C(F)(F)C(F)(F)F)cc1. The van der Waals surface area contributed by atoms with Crippen LogP contribution in [-0.2, 0) is 9.47 Å². The molecule has 0 aliphatic carbocycles. The molecule has 2 aromatic carbocycles. The fraction of sp³-hybridized carbons (Fsp3) is 0.600. The first kappa shape index (κ1) is 59.4. The fourth-order valence-electron chi connectivity index (χ4n) is 4.76. The Balaban J connectivity index is 1.79. The van der Waals surface area contributed by atoms with Gasteiger partial charge in [0.1, 0.15) is 0 Å². The van der Waals surface area contributed by atoms with Crippen molar-refractivity contribution in [1.29, 1.82) is 0 Å². The van der Waals surface area contributed by atoms with Crippen molar-refractivity contribution < 1.29 is 133 Å². The van der Waals surface area contributed by atoms with Gasteiger partial charge in [-0.2, -0.15) is 114 Å². The Hall–Kier alpha value is -3.74. The van der Waals surface area contributed by atoms with Crippen LogP contribution < -0.4 is 0 Å². The molecule has 0 aliphatic rings. The number of hydrogen-bond donors (Lipinski definition) is 0. The molecule has 0 unspecified atom stereocenters. The number of esters is 2. The average molecular weight is 1070 g/mol. The topological polar surface area (TPSA) is 52.6 Å². The monoisotopic (exact) mass is 1070 g/mol. The van der Waals surface area contributed by atoms with E-state index in [-0.39, 0.29) is 76.9 Å². The summed E-state index contributed by atoms with van der Waals surface area (Å²) in [6.07, 6.45) is -19.5. The maximum atomic E-state index is 14.0. The second-order valence-electron chi connectivity index (χ2n) is 13.6. The van der Waals surface area contributed by atoms with Crippen LogP contribution in [0.25, 0.3) is 0 Å². The summed E-state index contributed by atoms with van der Waals surface area (Å²) < 4.78 is 355. The standard InChI is InChI=1S/C35H26F26O4S2/c36-24(37,26(40,41)28(44,45)30(48,49)32(52,53)34(56,57)58)12-16-66-20-8-4-18(5-9-20)22(62)64-14-2-1-3-15-65-23(63)19-6-10-21(11-7-19)67-17-13-25(38,39)27(42,43)29(46,47)31(50,51)33(54,55)35(59,60)61/h4-11H,1-3,12-17H2. The molecule has 0 saturated carbocycles. The van der Waals surface area contributed by atoms with Crippen LogP contribution in [0.15, 0.2) is 58.3 Å². The van der Waals surface area contributed by atoms with Crippen molar-refractivity contribution >= 4 is 35.5 Å². The summed E-state index contributed by atoms with van der Waals surface area (Å²) in [6, 6.07) is 7.82. The van der Waals surface area contributed by atoms with Crippen LogP contribution in [0.3, 0.4) is 0 Å². The third kappa shape index (κ3) is 11.8. The van der Waals surface area contributed by atoms with E-state index in [1.54, 1.807) is 0 Å². The van der Waals surface area contributed by atoms with Gasteiger partial charge in [0.15, 0.2) is 0 Å². The Bertz CT molecular complexity index is 1830. The van der Waals surface area contributed by atoms with Crippen LogP contribution in [0.5, 0.6) is 0 Å². The van der Waals surface area contributed by atoms with Crippen LogP contribution in [0.4, 0.5) is 114 Å². The first-order valence-electron chi connectivity index (χ1n) is 17.6. The molecule has 0 fully saturated rings. The molecule has 0 aromatic heterocycles. The highest BCUT2D eigenvalue weighted by atomic mass is 32.2. The highest BCUT2D eigenvalue weighted by Crippen LogP contribution is 2.62. The average Bonchev–Trinajstić information content (AvgIpc) is 3.19. The van der Waals surface area contributed by atoms with E-state index >= 15 is 0 Å². The minimum absolute atomic E-state index is 0.131. The lowest BCUT2D eigenvalue weighted by molar-refractivity contribution is -0.439. The molecule has 0 N–H and O–H groups in total. The van der Waals surface area contributed by atoms with Gasteiger partial charge in [0.05, 0.1) is 24.3 Å². The zero-order valence-electron chi connectivity index (χ0n) is 32.3. The second-order valence-corrected chi connectivity index (χ2v) is 15.9. The van der Waals surface area contributed by atoms with Crippen molar-refractivity contribution in [2.75, 3.05) is 24.7 Å². The third-order valence-electron chi connectivity index (χ3n) is 8.80. The van der Waals surface area contributed by atoms with Gasteiger partial charge in [-0.05, 0) is 67.8 Å². The number of carbonyl (C=O) groups is 2. The van der Waals surface area contributed by atoms with Crippen molar-refractivity contribution in [3.8, 4) is 0 Å². The largest absolute Gasteiger partial charge is 0.462 e. The van der Waals surface area contributed by atoms with Crippen LogP contribution >= 0.6 is 23.5 Å². The molecule has 0 atom stereocenters. The van der Waals surface area contributed by atoms with Crippen molar-refractivity contribution in [2.24, 2.45) is 0 Å². The number of halogens is 26. The molecule has 2 aromatic rings. The summed E-state index contributed by atoms with van der Waals surface area (Å²) in [5.41, 5.74) is -0.423. The highest BCUT2D eigenvalue weighted by molar-refractivity contribution is 7.99. The predicted molar refractivity (Wildman–Crippen MR) is 180 cm³/mol. The van der Waals surface area contributed by atoms with Gasteiger partial charge in [-0.1, -0.05) is 0 Å². The van der Waals surface area contributed by atoms with Gasteiger partial charge >= 0.3 is 83.5 Å². The molecule has 0 spiro atoms. The molecule has 0 saturated heterocycles. The highest BCUT2D eigenvalue weighted by Gasteiger charge is 2.92. The molecule has 4 nitrogen and oxygen atoms in total. The number of hydrogen-bond acceptors (Lipinski definition) is 6. The molecule has 0 bridgehead atoms. The quantitative estimate of drug-likeness (QED) is 0.0452. The summed E-state index contributed by atoms with van der Waals surface area (Å²) >= 11 is 0.330. The molecule has 67 heavy (non-hydrogen) atoms. The summed E-state index contributed by atoms with van der Waals surface area (Å²) in [7, 11) is 0. The Morgan fingerprint density at radius 1 is 0.358 bits per heavy atom. The Morgan fingerprint density at radius 3 is 0.866 bits per heavy atom. The number of alkyl halides is 26. The lowest BCUT2D eigenvalue weighted by Crippen LogP contribution is -2.70. The minimum atomic E-state index is -8.02. The molecular formula is C35H26F26O4S2. The van der Waals surface area contributed by atoms with Crippen molar-refractivity contribution in [3.63, 3.8) is 0 Å². The lowest BCUT2D eigenvalue weighted by Gasteiger charge is -2.39. The molecule has 0 heterocycles. The van der Waals surface area contributed by atoms with E-state index in [2.05, 4.69) is 0 Å². The predicted octanol–water partition coefficient (Wildman–Crippen LogP) is 14.3. The molecule has 384 valence electrons. The van der Waals surface area contributed by atoms with Gasteiger partial charge in [0.2, 0.25) is 0 Å². The maximum absolute atomic E-state index is 14.0. The minimum Gasteiger partial charge on any atom is -0.462 e. The molecule has 2 rings (SSSR count). The second kappa shape index (κ2) is 20.3. The van der Waals surface area contributed by atoms with Gasteiger partial charge in [-0.15, -0.1) is 23.5 Å². The Labute approximate surface area is 366 Å². The zero-order valence-corrected chi connectivity index (χ0v) is 33.9. The summed E-state index contributed by atoms with van der Waals surface area (Å²) in [5, 5.41) is 0. The van der Waals surface area contributed by atoms with Crippen molar-refractivity contribution in [1.82, 2.24) is 0 Å². The number of ether oxygens (including phenoxy) is 2. The zero-order chi connectivity index (χ0) is 52.3. The summed E-state index contributed by atoms with van der Waals surface area (Å²) in [4.78, 5) is 24.2. The summed E-state index contributed by atoms with van der Waals surface area (Å²) in [6.45, 7) is -0.534. The fourth-order valence-corrected chi connectivity index (χ4v) is 6.61. The van der Waals surface area contributed by atoms with E-state index in [0.29, 0.717) is 0 Å². The smallest absolute Gasteiger partial charge is 0.460 e. The first-order valence-corrected chi connectivity index (χ1v) is 19.6. The number of unbranched alkanes of at least 4 members (excludes halogenated alkanes) is 2. The van der Waals surface area contributed by atoms with Crippen LogP contribution in [-0.4, -0.2) is 108 Å². The van der Waals surface area contributed by atoms with Gasteiger partial charge in [0, 0.05) is 34.1 Å². The third-order valence-corrected chi connectivity index (χ3v) is 10.8. The molecule has 0 aliphatic heterocycles. The van der Waals surface area contributed by atoms with E-state index in [9.17, 15) is 124 Å². The molecular weight excluding hydrogens is 1040 g/mol. The van der Waals surface area contributed by atoms with Gasteiger partial charge in [-0.3, -0.25) is 0 Å². The van der Waals surface area contributed by atoms with Crippen LogP contribution in [0.2, 0.25) is 0 Å². The number of benzene rings is 2. The normalized spacial score (nSPS) is 14.6. The van der Waals surface area contributed by atoms with E-state index in [0.717, 1.165) is 48.5 Å². The molecule has 32 heteroatoms. The van der Waals surface area contributed by atoms with Gasteiger partial charge in [-0.25, -0.2) is 9.59 Å². The Morgan fingerprint density at radius 2 is 0.612 bits per heavy atom. The number of thioether (sulfide) groups is 2.